The highest BCUT2D eigenvalue weighted by Gasteiger charge is 2.31. The van der Waals surface area contributed by atoms with E-state index < -0.39 is 53.4 Å². The van der Waals surface area contributed by atoms with Gasteiger partial charge in [0.05, 0.1) is 5.56 Å². The summed E-state index contributed by atoms with van der Waals surface area (Å²) in [5.41, 5.74) is 7.33. The number of benzene rings is 3. The van der Waals surface area contributed by atoms with Gasteiger partial charge in [-0.2, -0.15) is 13.2 Å². The molecule has 3 aromatic carbocycles. The van der Waals surface area contributed by atoms with E-state index in [9.17, 15) is 27.6 Å². The van der Waals surface area contributed by atoms with E-state index in [1.54, 1.807) is 27.0 Å². The molecule has 0 radical (unpaired) electrons. The van der Waals surface area contributed by atoms with Gasteiger partial charge in [0.2, 0.25) is 11.8 Å². The Morgan fingerprint density at radius 3 is 2.00 bits per heavy atom. The van der Waals surface area contributed by atoms with Crippen LogP contribution in [0.25, 0.3) is 10.9 Å². The Hall–Kier alpha value is -4.84. The predicted molar refractivity (Wildman–Crippen MR) is 173 cm³/mol. The van der Waals surface area contributed by atoms with Gasteiger partial charge in [-0.15, -0.1) is 0 Å². The van der Waals surface area contributed by atoms with E-state index in [0.29, 0.717) is 5.56 Å². The number of hydrogen-bond donors (Lipinski definition) is 5. The van der Waals surface area contributed by atoms with Crippen LogP contribution in [0.5, 0.6) is 0 Å². The number of nitrogens with one attached hydrogen (secondary N) is 4. The van der Waals surface area contributed by atoms with Gasteiger partial charge in [0.25, 0.3) is 0 Å². The van der Waals surface area contributed by atoms with Crippen molar-refractivity contribution in [1.29, 1.82) is 0 Å². The molecule has 3 amide bonds. The van der Waals surface area contributed by atoms with Gasteiger partial charge < -0.3 is 31.4 Å². The molecular formula is C35H40F3N5O4. The third kappa shape index (κ3) is 10.3. The lowest BCUT2D eigenvalue weighted by atomic mass is 10.0. The number of alkyl carbamates (subject to hydrolysis) is 1. The molecule has 0 saturated heterocycles. The first-order chi connectivity index (χ1) is 22.2. The number of alkyl halides is 3. The maximum absolute atomic E-state index is 13.9. The predicted octanol–water partition coefficient (Wildman–Crippen LogP) is 5.04. The maximum atomic E-state index is 13.9. The van der Waals surface area contributed by atoms with Crippen molar-refractivity contribution in [3.05, 3.63) is 107 Å². The number of rotatable bonds is 12. The summed E-state index contributed by atoms with van der Waals surface area (Å²) in [6, 6.07) is 18.5. The Morgan fingerprint density at radius 2 is 1.36 bits per heavy atom. The summed E-state index contributed by atoms with van der Waals surface area (Å²) in [7, 11) is 0. The maximum Gasteiger partial charge on any atom is 0.416 e. The van der Waals surface area contributed by atoms with Crippen LogP contribution < -0.4 is 21.7 Å². The summed E-state index contributed by atoms with van der Waals surface area (Å²) in [6.07, 6.45) is -3.08. The van der Waals surface area contributed by atoms with Crippen LogP contribution in [0.2, 0.25) is 0 Å². The van der Waals surface area contributed by atoms with E-state index in [-0.39, 0.29) is 25.8 Å². The molecule has 47 heavy (non-hydrogen) atoms. The molecule has 4 rings (SSSR count). The molecule has 0 spiro atoms. The molecule has 4 aromatic rings. The van der Waals surface area contributed by atoms with Crippen LogP contribution in [-0.2, 0) is 39.8 Å². The molecule has 1 aromatic heterocycles. The summed E-state index contributed by atoms with van der Waals surface area (Å²) in [5.74, 6) is -1.14. The molecule has 12 heteroatoms. The molecular weight excluding hydrogens is 611 g/mol. The SMILES string of the molecule is CC(C)(C)OC(=O)N[C@@H](Cc1c[nH]c2ccccc12)C(=O)N[C@@H](Cc1ccccc1)C(=O)N[C@@H](CN)Cc1ccc(C(F)(F)F)cc1. The average Bonchev–Trinajstić information content (AvgIpc) is 3.42. The zero-order valence-electron chi connectivity index (χ0n) is 26.5. The van der Waals surface area contributed by atoms with Crippen LogP contribution in [0.15, 0.2) is 85.1 Å². The number of carbonyl (C=O) groups is 3. The fourth-order valence-electron chi connectivity index (χ4n) is 5.12. The molecule has 0 aliphatic rings. The molecule has 0 fully saturated rings. The number of ether oxygens (including phenoxy) is 1. The van der Waals surface area contributed by atoms with E-state index in [4.69, 9.17) is 10.5 Å². The Morgan fingerprint density at radius 1 is 0.766 bits per heavy atom. The van der Waals surface area contributed by atoms with Crippen molar-refractivity contribution in [3.8, 4) is 0 Å². The number of hydrogen-bond acceptors (Lipinski definition) is 5. The second-order valence-corrected chi connectivity index (χ2v) is 12.4. The molecule has 6 N–H and O–H groups in total. The van der Waals surface area contributed by atoms with Gasteiger partial charge in [-0.1, -0.05) is 60.7 Å². The van der Waals surface area contributed by atoms with Gasteiger partial charge in [-0.05, 0) is 62.1 Å². The van der Waals surface area contributed by atoms with Gasteiger partial charge >= 0.3 is 12.3 Å². The summed E-state index contributed by atoms with van der Waals surface area (Å²) < 4.78 is 44.5. The Balaban J connectivity index is 1.55. The number of H-pyrrole nitrogens is 1. The number of carbonyl (C=O) groups excluding carboxylic acids is 3. The van der Waals surface area contributed by atoms with Gasteiger partial charge in [0, 0.05) is 42.5 Å². The summed E-state index contributed by atoms with van der Waals surface area (Å²) in [6.45, 7) is 5.13. The van der Waals surface area contributed by atoms with Gasteiger partial charge in [-0.3, -0.25) is 9.59 Å². The first-order valence-corrected chi connectivity index (χ1v) is 15.3. The number of aromatic nitrogens is 1. The number of para-hydroxylation sites is 1. The van der Waals surface area contributed by atoms with Gasteiger partial charge in [0.15, 0.2) is 0 Å². The monoisotopic (exact) mass is 651 g/mol. The summed E-state index contributed by atoms with van der Waals surface area (Å²) >= 11 is 0. The average molecular weight is 652 g/mol. The zero-order chi connectivity index (χ0) is 34.2. The normalized spacial score (nSPS) is 13.8. The molecule has 0 aliphatic heterocycles. The topological polar surface area (TPSA) is 138 Å². The highest BCUT2D eigenvalue weighted by molar-refractivity contribution is 5.92. The zero-order valence-corrected chi connectivity index (χ0v) is 26.5. The third-order valence-corrected chi connectivity index (χ3v) is 7.42. The van der Waals surface area contributed by atoms with E-state index >= 15 is 0 Å². The molecule has 0 saturated carbocycles. The minimum Gasteiger partial charge on any atom is -0.444 e. The Kier molecular flexibility index (Phi) is 11.3. The van der Waals surface area contributed by atoms with Crippen molar-refractivity contribution in [2.45, 2.75) is 69.9 Å². The van der Waals surface area contributed by atoms with E-state index in [1.165, 1.54) is 12.1 Å². The molecule has 1 heterocycles. The minimum absolute atomic E-state index is 0.00214. The van der Waals surface area contributed by atoms with Crippen molar-refractivity contribution in [2.24, 2.45) is 5.73 Å². The lowest BCUT2D eigenvalue weighted by Gasteiger charge is -2.26. The Labute approximate surface area is 271 Å². The van der Waals surface area contributed by atoms with Crippen molar-refractivity contribution >= 4 is 28.8 Å². The molecule has 9 nitrogen and oxygen atoms in total. The summed E-state index contributed by atoms with van der Waals surface area (Å²) in [5, 5.41) is 9.21. The first kappa shape index (κ1) is 35.0. The van der Waals surface area contributed by atoms with Gasteiger partial charge in [0.1, 0.15) is 17.7 Å². The number of fused-ring (bicyclic) bond motifs is 1. The molecule has 0 bridgehead atoms. The van der Waals surface area contributed by atoms with E-state index in [2.05, 4.69) is 20.9 Å². The fourth-order valence-corrected chi connectivity index (χ4v) is 5.12. The van der Waals surface area contributed by atoms with Crippen molar-refractivity contribution < 1.29 is 32.3 Å². The number of halogens is 3. The van der Waals surface area contributed by atoms with E-state index in [0.717, 1.165) is 34.2 Å². The fraction of sp³-hybridized carbons (Fsp3) is 0.343. The van der Waals surface area contributed by atoms with E-state index in [1.807, 2.05) is 54.6 Å². The lowest BCUT2D eigenvalue weighted by molar-refractivity contribution is -0.137. The van der Waals surface area contributed by atoms with Crippen LogP contribution in [0.4, 0.5) is 18.0 Å². The Bertz CT molecular complexity index is 1650. The van der Waals surface area contributed by atoms with Crippen LogP contribution in [0.3, 0.4) is 0 Å². The number of amides is 3. The van der Waals surface area contributed by atoms with Crippen molar-refractivity contribution in [2.75, 3.05) is 6.54 Å². The third-order valence-electron chi connectivity index (χ3n) is 7.42. The molecule has 3 atom stereocenters. The van der Waals surface area contributed by atoms with Crippen LogP contribution in [-0.4, -0.2) is 53.2 Å². The highest BCUT2D eigenvalue weighted by Crippen LogP contribution is 2.29. The number of aromatic amines is 1. The first-order valence-electron chi connectivity index (χ1n) is 15.3. The lowest BCUT2D eigenvalue weighted by Crippen LogP contribution is -2.57. The molecule has 0 aliphatic carbocycles. The van der Waals surface area contributed by atoms with Gasteiger partial charge in [-0.25, -0.2) is 4.79 Å². The molecule has 250 valence electrons. The molecule has 0 unspecified atom stereocenters. The smallest absolute Gasteiger partial charge is 0.416 e. The second-order valence-electron chi connectivity index (χ2n) is 12.4. The highest BCUT2D eigenvalue weighted by atomic mass is 19.4. The summed E-state index contributed by atoms with van der Waals surface area (Å²) in [4.78, 5) is 43.6. The van der Waals surface area contributed by atoms with Crippen LogP contribution >= 0.6 is 0 Å². The van der Waals surface area contributed by atoms with Crippen LogP contribution in [0, 0.1) is 0 Å². The standard InChI is InChI=1S/C35H40F3N5O4/c1-34(2,3)47-33(46)43-30(19-24-21-40-28-12-8-7-11-27(24)28)32(45)42-29(18-22-9-5-4-6-10-22)31(44)41-26(20-39)17-23-13-15-25(16-14-23)35(36,37)38/h4-16,21,26,29-30,40H,17-20,39H2,1-3H3,(H,41,44)(H,42,45)(H,43,46)/t26-,29+,30+/m1/s1. The van der Waals surface area contributed by atoms with Crippen molar-refractivity contribution in [1.82, 2.24) is 20.9 Å². The second kappa shape index (κ2) is 15.2. The largest absolute Gasteiger partial charge is 0.444 e. The van der Waals surface area contributed by atoms with Crippen molar-refractivity contribution in [3.63, 3.8) is 0 Å². The quantitative estimate of drug-likeness (QED) is 0.146. The van der Waals surface area contributed by atoms with Crippen LogP contribution in [0.1, 0.15) is 43.0 Å². The minimum atomic E-state index is -4.47. The number of nitrogens with two attached hydrogens (primary N) is 1.